The highest BCUT2D eigenvalue weighted by molar-refractivity contribution is 14.1. The first-order valence-electron chi connectivity index (χ1n) is 2.22. The fourth-order valence-electron chi connectivity index (χ4n) is 0.143. The third-order valence-corrected chi connectivity index (χ3v) is 1.89. The molecule has 0 aromatic heterocycles. The lowest BCUT2D eigenvalue weighted by Gasteiger charge is -2.12. The number of amides is 1. The lowest BCUT2D eigenvalue weighted by molar-refractivity contribution is -0.128. The van der Waals surface area contributed by atoms with Gasteiger partial charge in [-0.15, -0.1) is 4.91 Å². The van der Waals surface area contributed by atoms with Crippen molar-refractivity contribution in [1.29, 1.82) is 0 Å². The van der Waals surface area contributed by atoms with Crippen molar-refractivity contribution < 1.29 is 7.86 Å². The molecule has 4 nitrogen and oxygen atoms in total. The quantitative estimate of drug-likeness (QED) is 0.544. The summed E-state index contributed by atoms with van der Waals surface area (Å²) in [7, 11) is 0. The van der Waals surface area contributed by atoms with Crippen LogP contribution in [-0.4, -0.2) is 11.5 Å². The summed E-state index contributed by atoms with van der Waals surface area (Å²) in [5, 5.41) is 2.21. The third kappa shape index (κ3) is 2.35. The second kappa shape index (κ2) is 3.21. The van der Waals surface area contributed by atoms with Gasteiger partial charge in [-0.25, -0.2) is 0 Å². The second-order valence-corrected chi connectivity index (χ2v) is 2.42. The molecule has 0 saturated carbocycles. The number of nitroso groups, excluding NO2 is 1. The van der Waals surface area contributed by atoms with Crippen molar-refractivity contribution in [3.63, 3.8) is 0 Å². The standard InChI is InChI=1S/C4H6INO3/c1-4(2,9-5)3(7)6-8/h1-2H3. The first-order chi connectivity index (χ1) is 4.04. The molecule has 0 rings (SSSR count). The minimum Gasteiger partial charge on any atom is -0.299 e. The highest BCUT2D eigenvalue weighted by Gasteiger charge is 2.28. The van der Waals surface area contributed by atoms with E-state index >= 15 is 0 Å². The maximum Gasteiger partial charge on any atom is 0.318 e. The molecule has 5 heteroatoms. The van der Waals surface area contributed by atoms with E-state index in [0.29, 0.717) is 0 Å². The van der Waals surface area contributed by atoms with Crippen molar-refractivity contribution in [2.75, 3.05) is 0 Å². The fourth-order valence-corrected chi connectivity index (χ4v) is 0.331. The van der Waals surface area contributed by atoms with Crippen molar-refractivity contribution >= 4 is 28.9 Å². The van der Waals surface area contributed by atoms with Gasteiger partial charge in [-0.2, -0.15) is 0 Å². The molecule has 0 aromatic rings. The average Bonchev–Trinajstić information content (AvgIpc) is 1.86. The Morgan fingerprint density at radius 1 is 1.67 bits per heavy atom. The van der Waals surface area contributed by atoms with E-state index < -0.39 is 11.5 Å². The van der Waals surface area contributed by atoms with Crippen LogP contribution in [-0.2, 0) is 7.86 Å². The van der Waals surface area contributed by atoms with Crippen LogP contribution >= 0.6 is 23.0 Å². The van der Waals surface area contributed by atoms with Gasteiger partial charge in [0.05, 0.1) is 0 Å². The van der Waals surface area contributed by atoms with Gasteiger partial charge in [0, 0.05) is 5.18 Å². The van der Waals surface area contributed by atoms with Gasteiger partial charge < -0.3 is 0 Å². The molecule has 1 amide bonds. The van der Waals surface area contributed by atoms with Gasteiger partial charge in [0.25, 0.3) is 0 Å². The number of carbonyl (C=O) groups excluding carboxylic acids is 1. The normalized spacial score (nSPS) is 11.0. The molecular formula is C4H6INO3. The van der Waals surface area contributed by atoms with Crippen molar-refractivity contribution in [2.24, 2.45) is 5.18 Å². The lowest BCUT2D eigenvalue weighted by Crippen LogP contribution is -2.29. The van der Waals surface area contributed by atoms with Gasteiger partial charge in [0.2, 0.25) is 0 Å². The van der Waals surface area contributed by atoms with Crippen LogP contribution < -0.4 is 0 Å². The highest BCUT2D eigenvalue weighted by Crippen LogP contribution is 2.14. The van der Waals surface area contributed by atoms with E-state index in [9.17, 15) is 9.70 Å². The highest BCUT2D eigenvalue weighted by atomic mass is 127. The van der Waals surface area contributed by atoms with Gasteiger partial charge >= 0.3 is 5.91 Å². The molecule has 0 aliphatic rings. The maximum absolute atomic E-state index is 10.5. The Hall–Kier alpha value is -0.0400. The molecule has 0 saturated heterocycles. The Morgan fingerprint density at radius 3 is 2.22 bits per heavy atom. The minimum absolute atomic E-state index is 0.795. The molecule has 0 bridgehead atoms. The third-order valence-electron chi connectivity index (χ3n) is 0.791. The Labute approximate surface area is 66.6 Å². The van der Waals surface area contributed by atoms with E-state index in [1.807, 2.05) is 0 Å². The number of rotatable bonds is 2. The number of carbonyl (C=O) groups is 1. The number of nitrogens with zero attached hydrogens (tertiary/aromatic N) is 1. The lowest BCUT2D eigenvalue weighted by atomic mass is 10.1. The van der Waals surface area contributed by atoms with Crippen LogP contribution in [0.15, 0.2) is 5.18 Å². The van der Waals surface area contributed by atoms with Gasteiger partial charge in [-0.05, 0) is 13.8 Å². The van der Waals surface area contributed by atoms with E-state index in [1.165, 1.54) is 13.8 Å². The first-order valence-corrected chi connectivity index (χ1v) is 3.10. The average molecular weight is 243 g/mol. The van der Waals surface area contributed by atoms with E-state index in [-0.39, 0.29) is 0 Å². The smallest absolute Gasteiger partial charge is 0.299 e. The molecule has 0 aliphatic carbocycles. The molecule has 52 valence electrons. The van der Waals surface area contributed by atoms with Crippen LogP contribution in [0.2, 0.25) is 0 Å². The minimum atomic E-state index is -1.08. The fraction of sp³-hybridized carbons (Fsp3) is 0.750. The zero-order valence-electron chi connectivity index (χ0n) is 5.05. The van der Waals surface area contributed by atoms with Crippen LogP contribution in [0.3, 0.4) is 0 Å². The number of halogens is 1. The Morgan fingerprint density at radius 2 is 2.11 bits per heavy atom. The summed E-state index contributed by atoms with van der Waals surface area (Å²) in [4.78, 5) is 20.1. The zero-order valence-corrected chi connectivity index (χ0v) is 7.21. The Balaban J connectivity index is 4.13. The topological polar surface area (TPSA) is 55.7 Å². The monoisotopic (exact) mass is 243 g/mol. The van der Waals surface area contributed by atoms with Crippen LogP contribution in [0.1, 0.15) is 13.8 Å². The van der Waals surface area contributed by atoms with Gasteiger partial charge in [0.15, 0.2) is 5.60 Å². The molecule has 0 aromatic carbocycles. The van der Waals surface area contributed by atoms with Gasteiger partial charge in [-0.3, -0.25) is 7.86 Å². The van der Waals surface area contributed by atoms with E-state index in [0.717, 1.165) is 0 Å². The second-order valence-electron chi connectivity index (χ2n) is 1.98. The van der Waals surface area contributed by atoms with Gasteiger partial charge in [0.1, 0.15) is 23.0 Å². The summed E-state index contributed by atoms with van der Waals surface area (Å²) in [6, 6.07) is 0. The molecule has 0 spiro atoms. The summed E-state index contributed by atoms with van der Waals surface area (Å²) >= 11 is 1.55. The molecule has 0 fully saturated rings. The molecular weight excluding hydrogens is 237 g/mol. The van der Waals surface area contributed by atoms with Crippen molar-refractivity contribution in [2.45, 2.75) is 19.4 Å². The summed E-state index contributed by atoms with van der Waals surface area (Å²) in [6.45, 7) is 2.95. The van der Waals surface area contributed by atoms with E-state index in [2.05, 4.69) is 8.24 Å². The Kier molecular flexibility index (Phi) is 3.20. The summed E-state index contributed by atoms with van der Waals surface area (Å²) in [5.41, 5.74) is -1.08. The molecule has 9 heavy (non-hydrogen) atoms. The maximum atomic E-state index is 10.5. The molecule has 0 N–H and O–H groups in total. The predicted octanol–water partition coefficient (Wildman–Crippen LogP) is 1.42. The van der Waals surface area contributed by atoms with Crippen LogP contribution in [0.5, 0.6) is 0 Å². The van der Waals surface area contributed by atoms with E-state index in [1.54, 1.807) is 23.0 Å². The van der Waals surface area contributed by atoms with Crippen molar-refractivity contribution in [1.82, 2.24) is 0 Å². The predicted molar refractivity (Wildman–Crippen MR) is 40.0 cm³/mol. The first kappa shape index (κ1) is 8.96. The van der Waals surface area contributed by atoms with Crippen molar-refractivity contribution in [3.05, 3.63) is 4.91 Å². The van der Waals surface area contributed by atoms with E-state index in [4.69, 9.17) is 0 Å². The largest absolute Gasteiger partial charge is 0.318 e. The van der Waals surface area contributed by atoms with Crippen LogP contribution in [0.25, 0.3) is 0 Å². The van der Waals surface area contributed by atoms with Crippen LogP contribution in [0, 0.1) is 4.91 Å². The molecule has 0 aliphatic heterocycles. The Bertz CT molecular complexity index is 134. The molecule has 0 heterocycles. The number of hydrogen-bond acceptors (Lipinski definition) is 3. The SMILES string of the molecule is CC(C)(OI)C(=O)N=O. The summed E-state index contributed by atoms with van der Waals surface area (Å²) < 4.78 is 4.62. The summed E-state index contributed by atoms with van der Waals surface area (Å²) in [6.07, 6.45) is 0. The summed E-state index contributed by atoms with van der Waals surface area (Å²) in [5.74, 6) is -0.795. The van der Waals surface area contributed by atoms with Gasteiger partial charge in [-0.1, -0.05) is 0 Å². The molecule has 0 unspecified atom stereocenters. The zero-order chi connectivity index (χ0) is 7.49. The number of hydrogen-bond donors (Lipinski definition) is 0. The molecule has 0 radical (unpaired) electrons. The molecule has 0 atom stereocenters. The van der Waals surface area contributed by atoms with Crippen molar-refractivity contribution in [3.8, 4) is 0 Å². The van der Waals surface area contributed by atoms with Crippen LogP contribution in [0.4, 0.5) is 0 Å².